The van der Waals surface area contributed by atoms with Gasteiger partial charge in [-0.05, 0) is 19.8 Å². The zero-order chi connectivity index (χ0) is 5.91. The summed E-state index contributed by atoms with van der Waals surface area (Å²) in [5.74, 6) is 0. The minimum Gasteiger partial charge on any atom is -0.0868 e. The molecular weight excluding hydrogens is 104 g/mol. The molecule has 7 heavy (non-hydrogen) atoms. The first kappa shape index (κ1) is 7.35. The molecule has 0 nitrogen and oxygen atoms in total. The van der Waals surface area contributed by atoms with Crippen LogP contribution in [0.15, 0.2) is 0 Å². The van der Waals surface area contributed by atoms with Crippen molar-refractivity contribution in [2.75, 3.05) is 0 Å². The van der Waals surface area contributed by atoms with Gasteiger partial charge < -0.3 is 0 Å². The van der Waals surface area contributed by atoms with Crippen molar-refractivity contribution in [1.29, 1.82) is 0 Å². The molecule has 0 saturated heterocycles. The van der Waals surface area contributed by atoms with Crippen LogP contribution in [0.4, 0.5) is 0 Å². The standard InChI is InChI=1S/C6H12S/c1-4-6(3,7)5-2/h3-5H2,1-2H3. The molecule has 0 aromatic rings. The van der Waals surface area contributed by atoms with Crippen LogP contribution in [0.2, 0.25) is 0 Å². The van der Waals surface area contributed by atoms with E-state index >= 15 is 0 Å². The lowest BCUT2D eigenvalue weighted by atomic mass is 10.1. The summed E-state index contributed by atoms with van der Waals surface area (Å²) in [6, 6.07) is 0. The Morgan fingerprint density at radius 2 is 1.71 bits per heavy atom. The van der Waals surface area contributed by atoms with Crippen LogP contribution in [0.3, 0.4) is 0 Å². The minimum absolute atomic E-state index is 0.0833. The Bertz CT molecular complexity index is 42.1. The van der Waals surface area contributed by atoms with Gasteiger partial charge in [0, 0.05) is 4.75 Å². The molecule has 0 rings (SSSR count). The Balaban J connectivity index is 3.36. The van der Waals surface area contributed by atoms with Gasteiger partial charge in [0.2, 0.25) is 0 Å². The van der Waals surface area contributed by atoms with E-state index in [0.717, 1.165) is 12.8 Å². The van der Waals surface area contributed by atoms with Gasteiger partial charge in [-0.25, -0.2) is 0 Å². The molecule has 0 N–H and O–H groups in total. The topological polar surface area (TPSA) is 0 Å². The van der Waals surface area contributed by atoms with E-state index in [2.05, 4.69) is 20.8 Å². The molecule has 0 unspecified atom stereocenters. The van der Waals surface area contributed by atoms with Gasteiger partial charge in [0.25, 0.3) is 0 Å². The molecule has 0 aliphatic heterocycles. The summed E-state index contributed by atoms with van der Waals surface area (Å²) >= 11 is 5.03. The molecule has 42 valence electrons. The van der Waals surface area contributed by atoms with Gasteiger partial charge in [-0.15, -0.1) is 0 Å². The lowest BCUT2D eigenvalue weighted by molar-refractivity contribution is 0.662. The van der Waals surface area contributed by atoms with E-state index < -0.39 is 0 Å². The van der Waals surface area contributed by atoms with Crippen molar-refractivity contribution in [3.63, 3.8) is 0 Å². The highest BCUT2D eigenvalue weighted by Crippen LogP contribution is 2.20. The van der Waals surface area contributed by atoms with Gasteiger partial charge in [0.15, 0.2) is 0 Å². The molecule has 0 spiro atoms. The van der Waals surface area contributed by atoms with Gasteiger partial charge in [0.1, 0.15) is 0 Å². The van der Waals surface area contributed by atoms with E-state index in [-0.39, 0.29) is 4.75 Å². The first-order valence-corrected chi connectivity index (χ1v) is 3.09. The van der Waals surface area contributed by atoms with Crippen molar-refractivity contribution in [1.82, 2.24) is 0 Å². The van der Waals surface area contributed by atoms with Crippen molar-refractivity contribution >= 4 is 12.6 Å². The van der Waals surface area contributed by atoms with Gasteiger partial charge in [-0.2, -0.15) is 0 Å². The maximum Gasteiger partial charge on any atom is 0.0259 e. The van der Waals surface area contributed by atoms with E-state index in [1.807, 2.05) is 0 Å². The Kier molecular flexibility index (Phi) is 2.74. The third kappa shape index (κ3) is 2.98. The van der Waals surface area contributed by atoms with Crippen molar-refractivity contribution in [3.05, 3.63) is 6.92 Å². The molecule has 0 bridgehead atoms. The van der Waals surface area contributed by atoms with Crippen LogP contribution >= 0.6 is 12.6 Å². The van der Waals surface area contributed by atoms with Crippen molar-refractivity contribution in [2.45, 2.75) is 31.4 Å². The first-order valence-electron chi connectivity index (χ1n) is 2.68. The average Bonchev–Trinajstić information content (AvgIpc) is 1.68. The third-order valence-electron chi connectivity index (χ3n) is 1.29. The summed E-state index contributed by atoms with van der Waals surface area (Å²) in [5.41, 5.74) is 0. The van der Waals surface area contributed by atoms with Gasteiger partial charge in [-0.3, -0.25) is 0 Å². The summed E-state index contributed by atoms with van der Waals surface area (Å²) in [4.78, 5) is 0. The monoisotopic (exact) mass is 116 g/mol. The Hall–Kier alpha value is 0.350. The van der Waals surface area contributed by atoms with Crippen LogP contribution in [-0.4, -0.2) is 4.75 Å². The Morgan fingerprint density at radius 3 is 1.71 bits per heavy atom. The molecule has 1 heteroatoms. The maximum absolute atomic E-state index is 5.03. The highest BCUT2D eigenvalue weighted by atomic mass is 32.1. The smallest absolute Gasteiger partial charge is 0.0259 e. The molecule has 2 radical (unpaired) electrons. The lowest BCUT2D eigenvalue weighted by Crippen LogP contribution is -2.12. The lowest BCUT2D eigenvalue weighted by Gasteiger charge is -2.15. The fourth-order valence-electron chi connectivity index (χ4n) is 0.250. The SMILES string of the molecule is [CH2]C([S])(CC)CC. The van der Waals surface area contributed by atoms with E-state index in [9.17, 15) is 0 Å². The number of rotatable bonds is 2. The predicted octanol–water partition coefficient (Wildman–Crippen LogP) is 2.58. The van der Waals surface area contributed by atoms with Gasteiger partial charge in [-0.1, -0.05) is 26.5 Å². The normalized spacial score (nSPS) is 12.0. The van der Waals surface area contributed by atoms with Crippen molar-refractivity contribution in [3.8, 4) is 0 Å². The second kappa shape index (κ2) is 2.61. The zero-order valence-corrected chi connectivity index (χ0v) is 5.85. The molecule has 0 aromatic carbocycles. The van der Waals surface area contributed by atoms with Crippen LogP contribution in [-0.2, 0) is 0 Å². The van der Waals surface area contributed by atoms with Gasteiger partial charge in [0.05, 0.1) is 0 Å². The van der Waals surface area contributed by atoms with E-state index in [1.165, 1.54) is 0 Å². The Labute approximate surface area is 51.7 Å². The molecular formula is C6H12S. The van der Waals surface area contributed by atoms with Crippen molar-refractivity contribution < 1.29 is 0 Å². The summed E-state index contributed by atoms with van der Waals surface area (Å²) in [6.45, 7) is 7.97. The minimum atomic E-state index is -0.0833. The highest BCUT2D eigenvalue weighted by molar-refractivity contribution is 7.81. The van der Waals surface area contributed by atoms with E-state index in [1.54, 1.807) is 0 Å². The number of hydrogen-bond acceptors (Lipinski definition) is 0. The summed E-state index contributed by atoms with van der Waals surface area (Å²) in [7, 11) is 0. The highest BCUT2D eigenvalue weighted by Gasteiger charge is 2.12. The fraction of sp³-hybridized carbons (Fsp3) is 0.833. The quantitative estimate of drug-likeness (QED) is 0.520. The Morgan fingerprint density at radius 1 is 1.43 bits per heavy atom. The van der Waals surface area contributed by atoms with Crippen LogP contribution < -0.4 is 0 Å². The number of hydrogen-bond donors (Lipinski definition) is 0. The van der Waals surface area contributed by atoms with E-state index in [0.29, 0.717) is 0 Å². The average molecular weight is 116 g/mol. The molecule has 0 aliphatic carbocycles. The van der Waals surface area contributed by atoms with Crippen molar-refractivity contribution in [2.24, 2.45) is 0 Å². The molecule has 0 saturated carbocycles. The second-order valence-corrected chi connectivity index (χ2v) is 2.76. The maximum atomic E-state index is 5.03. The molecule has 0 fully saturated rings. The first-order chi connectivity index (χ1) is 3.12. The second-order valence-electron chi connectivity index (χ2n) is 1.89. The van der Waals surface area contributed by atoms with Gasteiger partial charge >= 0.3 is 0 Å². The zero-order valence-electron chi connectivity index (χ0n) is 5.03. The third-order valence-corrected chi connectivity index (χ3v) is 1.87. The fourth-order valence-corrected chi connectivity index (χ4v) is 0.250. The largest absolute Gasteiger partial charge is 0.0868 e. The van der Waals surface area contributed by atoms with Crippen LogP contribution in [0.25, 0.3) is 0 Å². The molecule has 0 heterocycles. The predicted molar refractivity (Wildman–Crippen MR) is 36.3 cm³/mol. The molecule has 0 aromatic heterocycles. The van der Waals surface area contributed by atoms with Crippen LogP contribution in [0.1, 0.15) is 26.7 Å². The molecule has 0 atom stereocenters. The summed E-state index contributed by atoms with van der Waals surface area (Å²) in [5, 5.41) is 0. The summed E-state index contributed by atoms with van der Waals surface area (Å²) in [6.07, 6.45) is 2.00. The molecule has 0 amide bonds. The summed E-state index contributed by atoms with van der Waals surface area (Å²) < 4.78 is -0.0833. The molecule has 0 aliphatic rings. The van der Waals surface area contributed by atoms with Crippen LogP contribution in [0, 0.1) is 6.92 Å². The van der Waals surface area contributed by atoms with Crippen LogP contribution in [0.5, 0.6) is 0 Å². The van der Waals surface area contributed by atoms with E-state index in [4.69, 9.17) is 12.6 Å².